The van der Waals surface area contributed by atoms with Crippen molar-refractivity contribution < 1.29 is 9.13 Å². The van der Waals surface area contributed by atoms with Gasteiger partial charge in [-0.25, -0.2) is 4.39 Å². The molecule has 0 spiro atoms. The molecule has 2 atom stereocenters. The van der Waals surface area contributed by atoms with E-state index < -0.39 is 0 Å². The Morgan fingerprint density at radius 2 is 2.12 bits per heavy atom. The Labute approximate surface area is 96.6 Å². The number of halogens is 1. The van der Waals surface area contributed by atoms with Crippen molar-refractivity contribution in [1.82, 2.24) is 0 Å². The third-order valence-electron chi connectivity index (χ3n) is 2.74. The average Bonchev–Trinajstić information content (AvgIpc) is 2.17. The second-order valence-electron chi connectivity index (χ2n) is 4.40. The number of rotatable bonds is 5. The van der Waals surface area contributed by atoms with E-state index in [2.05, 4.69) is 6.92 Å². The Hall–Kier alpha value is -0.930. The van der Waals surface area contributed by atoms with Crippen LogP contribution in [-0.2, 0) is 4.74 Å². The lowest BCUT2D eigenvalue weighted by Crippen LogP contribution is -2.17. The number of methoxy groups -OCH3 is 1. The maximum atomic E-state index is 12.9. The molecule has 0 aliphatic rings. The smallest absolute Gasteiger partial charge is 0.123 e. The summed E-state index contributed by atoms with van der Waals surface area (Å²) in [4.78, 5) is 0. The molecule has 0 aliphatic carbocycles. The van der Waals surface area contributed by atoms with E-state index in [9.17, 15) is 4.39 Å². The van der Waals surface area contributed by atoms with Gasteiger partial charge in [-0.1, -0.05) is 13.0 Å². The molecule has 16 heavy (non-hydrogen) atoms. The van der Waals surface area contributed by atoms with Crippen LogP contribution in [-0.4, -0.2) is 13.7 Å². The van der Waals surface area contributed by atoms with E-state index in [1.54, 1.807) is 13.2 Å². The number of hydrogen-bond donors (Lipinski definition) is 1. The maximum absolute atomic E-state index is 12.9. The number of hydrogen-bond acceptors (Lipinski definition) is 2. The summed E-state index contributed by atoms with van der Waals surface area (Å²) in [6.07, 6.45) is 0.848. The number of benzene rings is 1. The summed E-state index contributed by atoms with van der Waals surface area (Å²) in [5.41, 5.74) is 8.03. The fraction of sp³-hybridized carbons (Fsp3) is 0.538. The molecule has 0 aliphatic heterocycles. The molecule has 0 amide bonds. The number of nitrogens with two attached hydrogens (primary N) is 1. The molecule has 3 heteroatoms. The van der Waals surface area contributed by atoms with Gasteiger partial charge in [-0.15, -0.1) is 0 Å². The molecule has 2 unspecified atom stereocenters. The normalized spacial score (nSPS) is 14.8. The minimum absolute atomic E-state index is 0.0502. The van der Waals surface area contributed by atoms with Crippen LogP contribution in [0.15, 0.2) is 18.2 Å². The van der Waals surface area contributed by atoms with E-state index in [-0.39, 0.29) is 11.9 Å². The molecule has 0 saturated heterocycles. The summed E-state index contributed by atoms with van der Waals surface area (Å²) in [7, 11) is 1.69. The SMILES string of the molecule is COCC(C)CC(N)c1ccc(F)cc1C. The molecular formula is C13H20FNO. The van der Waals surface area contributed by atoms with Crippen molar-refractivity contribution in [2.24, 2.45) is 11.7 Å². The highest BCUT2D eigenvalue weighted by Crippen LogP contribution is 2.22. The molecule has 2 nitrogen and oxygen atoms in total. The van der Waals surface area contributed by atoms with Crippen LogP contribution < -0.4 is 5.73 Å². The van der Waals surface area contributed by atoms with Crippen molar-refractivity contribution in [3.63, 3.8) is 0 Å². The standard InChI is InChI=1S/C13H20FNO/c1-9(8-16-3)6-13(15)12-5-4-11(14)7-10(12)2/h4-5,7,9,13H,6,8,15H2,1-3H3. The Kier molecular flexibility index (Phi) is 4.90. The van der Waals surface area contributed by atoms with E-state index in [4.69, 9.17) is 10.5 Å². The third kappa shape index (κ3) is 3.58. The third-order valence-corrected chi connectivity index (χ3v) is 2.74. The maximum Gasteiger partial charge on any atom is 0.123 e. The fourth-order valence-corrected chi connectivity index (χ4v) is 1.97. The molecule has 90 valence electrons. The lowest BCUT2D eigenvalue weighted by molar-refractivity contribution is 0.152. The second-order valence-corrected chi connectivity index (χ2v) is 4.40. The summed E-state index contributed by atoms with van der Waals surface area (Å²) in [5, 5.41) is 0. The minimum Gasteiger partial charge on any atom is -0.384 e. The van der Waals surface area contributed by atoms with Gasteiger partial charge in [0.15, 0.2) is 0 Å². The van der Waals surface area contributed by atoms with Crippen LogP contribution in [0.2, 0.25) is 0 Å². The highest BCUT2D eigenvalue weighted by molar-refractivity contribution is 5.29. The van der Waals surface area contributed by atoms with Gasteiger partial charge in [-0.05, 0) is 42.5 Å². The molecule has 1 aromatic carbocycles. The molecule has 0 saturated carbocycles. The quantitative estimate of drug-likeness (QED) is 0.836. The first kappa shape index (κ1) is 13.1. The Morgan fingerprint density at radius 1 is 1.44 bits per heavy atom. The molecule has 0 aromatic heterocycles. The van der Waals surface area contributed by atoms with Gasteiger partial charge in [0, 0.05) is 19.8 Å². The summed E-state index contributed by atoms with van der Waals surface area (Å²) >= 11 is 0. The highest BCUT2D eigenvalue weighted by Gasteiger charge is 2.13. The Balaban J connectivity index is 2.69. The molecule has 2 N–H and O–H groups in total. The number of aryl methyl sites for hydroxylation is 1. The van der Waals surface area contributed by atoms with Gasteiger partial charge in [-0.2, -0.15) is 0 Å². The molecule has 0 bridgehead atoms. The van der Waals surface area contributed by atoms with Crippen LogP contribution >= 0.6 is 0 Å². The van der Waals surface area contributed by atoms with Crippen molar-refractivity contribution in [3.8, 4) is 0 Å². The van der Waals surface area contributed by atoms with Crippen molar-refractivity contribution in [2.45, 2.75) is 26.3 Å². The minimum atomic E-state index is -0.210. The zero-order valence-corrected chi connectivity index (χ0v) is 10.2. The van der Waals surface area contributed by atoms with Crippen LogP contribution in [0.4, 0.5) is 4.39 Å². The van der Waals surface area contributed by atoms with Crippen molar-refractivity contribution in [3.05, 3.63) is 35.1 Å². The van der Waals surface area contributed by atoms with Gasteiger partial charge in [0.1, 0.15) is 5.82 Å². The molecule has 0 radical (unpaired) electrons. The van der Waals surface area contributed by atoms with E-state index >= 15 is 0 Å². The molecule has 0 fully saturated rings. The summed E-state index contributed by atoms with van der Waals surface area (Å²) < 4.78 is 18.0. The first-order valence-electron chi connectivity index (χ1n) is 5.55. The number of ether oxygens (including phenoxy) is 1. The van der Waals surface area contributed by atoms with Gasteiger partial charge in [0.2, 0.25) is 0 Å². The lowest BCUT2D eigenvalue weighted by atomic mass is 9.94. The van der Waals surface area contributed by atoms with E-state index in [1.165, 1.54) is 12.1 Å². The summed E-state index contributed by atoms with van der Waals surface area (Å²) in [5.74, 6) is 0.197. The van der Waals surface area contributed by atoms with E-state index in [1.807, 2.05) is 6.92 Å². The zero-order chi connectivity index (χ0) is 12.1. The predicted octanol–water partition coefficient (Wildman–Crippen LogP) is 2.81. The average molecular weight is 225 g/mol. The van der Waals surface area contributed by atoms with Gasteiger partial charge in [0.05, 0.1) is 0 Å². The highest BCUT2D eigenvalue weighted by atomic mass is 19.1. The largest absolute Gasteiger partial charge is 0.384 e. The monoisotopic (exact) mass is 225 g/mol. The van der Waals surface area contributed by atoms with Crippen molar-refractivity contribution in [2.75, 3.05) is 13.7 Å². The van der Waals surface area contributed by atoms with Crippen LogP contribution in [0.5, 0.6) is 0 Å². The van der Waals surface area contributed by atoms with Gasteiger partial charge in [0.25, 0.3) is 0 Å². The van der Waals surface area contributed by atoms with E-state index in [0.717, 1.165) is 17.5 Å². The van der Waals surface area contributed by atoms with Crippen molar-refractivity contribution in [1.29, 1.82) is 0 Å². The summed E-state index contributed by atoms with van der Waals surface area (Å²) in [6.45, 7) is 4.69. The van der Waals surface area contributed by atoms with Crippen molar-refractivity contribution >= 4 is 0 Å². The predicted molar refractivity (Wildman–Crippen MR) is 63.7 cm³/mol. The Bertz CT molecular complexity index is 341. The molecule has 0 heterocycles. The van der Waals surface area contributed by atoms with E-state index in [0.29, 0.717) is 12.5 Å². The van der Waals surface area contributed by atoms with Crippen LogP contribution in [0.3, 0.4) is 0 Å². The molecule has 1 rings (SSSR count). The van der Waals surface area contributed by atoms with Crippen LogP contribution in [0.25, 0.3) is 0 Å². The molecular weight excluding hydrogens is 205 g/mol. The van der Waals surface area contributed by atoms with Crippen LogP contribution in [0.1, 0.15) is 30.5 Å². The summed E-state index contributed by atoms with van der Waals surface area (Å²) in [6, 6.07) is 4.71. The van der Waals surface area contributed by atoms with Gasteiger partial charge in [-0.3, -0.25) is 0 Å². The van der Waals surface area contributed by atoms with Gasteiger partial charge < -0.3 is 10.5 Å². The topological polar surface area (TPSA) is 35.2 Å². The van der Waals surface area contributed by atoms with Gasteiger partial charge >= 0.3 is 0 Å². The Morgan fingerprint density at radius 3 is 2.69 bits per heavy atom. The fourth-order valence-electron chi connectivity index (χ4n) is 1.97. The molecule has 1 aromatic rings. The first-order valence-corrected chi connectivity index (χ1v) is 5.55. The van der Waals surface area contributed by atoms with Crippen LogP contribution in [0, 0.1) is 18.7 Å². The lowest BCUT2D eigenvalue weighted by Gasteiger charge is -2.18. The second kappa shape index (κ2) is 5.97. The zero-order valence-electron chi connectivity index (χ0n) is 10.2. The first-order chi connectivity index (χ1) is 7.54.